The van der Waals surface area contributed by atoms with Gasteiger partial charge in [-0.15, -0.1) is 0 Å². The molecule has 0 unspecified atom stereocenters. The van der Waals surface area contributed by atoms with Crippen molar-refractivity contribution in [1.82, 2.24) is 5.32 Å². The normalized spacial score (nSPS) is 19.1. The summed E-state index contributed by atoms with van der Waals surface area (Å²) < 4.78 is 0. The Balaban J connectivity index is 1.91. The smallest absolute Gasteiger partial charge is 0.101 e. The van der Waals surface area contributed by atoms with Gasteiger partial charge in [0.15, 0.2) is 0 Å². The maximum absolute atomic E-state index is 6.22. The predicted octanol–water partition coefficient (Wildman–Crippen LogP) is 3.07. The van der Waals surface area contributed by atoms with Crippen molar-refractivity contribution in [1.29, 1.82) is 0 Å². The van der Waals surface area contributed by atoms with Crippen LogP contribution < -0.4 is 5.32 Å². The topological polar surface area (TPSA) is 24.4 Å². The van der Waals surface area contributed by atoms with Gasteiger partial charge in [0.25, 0.3) is 0 Å². The van der Waals surface area contributed by atoms with Crippen LogP contribution in [0.15, 0.2) is 17.1 Å². The van der Waals surface area contributed by atoms with Crippen molar-refractivity contribution in [3.63, 3.8) is 0 Å². The van der Waals surface area contributed by atoms with Gasteiger partial charge in [-0.2, -0.15) is 0 Å². The number of halogens is 1. The van der Waals surface area contributed by atoms with Crippen molar-refractivity contribution in [2.75, 3.05) is 13.1 Å². The summed E-state index contributed by atoms with van der Waals surface area (Å²) in [5, 5.41) is 4.19. The summed E-state index contributed by atoms with van der Waals surface area (Å²) in [5.41, 5.74) is 4.19. The Hall–Kier alpha value is -1.02. The molecule has 90 valence electrons. The van der Waals surface area contributed by atoms with E-state index in [1.807, 2.05) is 0 Å². The van der Waals surface area contributed by atoms with Gasteiger partial charge in [-0.3, -0.25) is 4.99 Å². The minimum Gasteiger partial charge on any atom is -0.372 e. The molecule has 3 heteroatoms. The second-order valence-electron chi connectivity index (χ2n) is 4.99. The number of amidine groups is 1. The van der Waals surface area contributed by atoms with E-state index >= 15 is 0 Å². The average molecular weight is 249 g/mol. The summed E-state index contributed by atoms with van der Waals surface area (Å²) in [6.07, 6.45) is 3.53. The van der Waals surface area contributed by atoms with Gasteiger partial charge in [0.05, 0.1) is 6.54 Å². The lowest BCUT2D eigenvalue weighted by atomic mass is 9.97. The van der Waals surface area contributed by atoms with Crippen molar-refractivity contribution in [3.8, 4) is 0 Å². The lowest BCUT2D eigenvalue weighted by Crippen LogP contribution is -2.21. The first-order chi connectivity index (χ1) is 8.24. The second-order valence-corrected chi connectivity index (χ2v) is 5.42. The summed E-state index contributed by atoms with van der Waals surface area (Å²) in [5.74, 6) is 1.86. The van der Waals surface area contributed by atoms with Gasteiger partial charge in [-0.25, -0.2) is 0 Å². The number of nitrogens with one attached hydrogen (secondary N) is 1. The molecule has 0 atom stereocenters. The lowest BCUT2D eigenvalue weighted by Gasteiger charge is -2.12. The van der Waals surface area contributed by atoms with Crippen LogP contribution in [0.2, 0.25) is 5.02 Å². The van der Waals surface area contributed by atoms with Crippen molar-refractivity contribution in [2.24, 2.45) is 4.99 Å². The van der Waals surface area contributed by atoms with Crippen LogP contribution in [0.3, 0.4) is 0 Å². The van der Waals surface area contributed by atoms with Crippen LogP contribution in [-0.2, 0) is 6.42 Å². The van der Waals surface area contributed by atoms with Crippen molar-refractivity contribution < 1.29 is 0 Å². The fourth-order valence-electron chi connectivity index (χ4n) is 2.51. The van der Waals surface area contributed by atoms with Crippen LogP contribution in [0, 0.1) is 6.92 Å². The van der Waals surface area contributed by atoms with E-state index in [4.69, 9.17) is 11.6 Å². The zero-order chi connectivity index (χ0) is 11.8. The van der Waals surface area contributed by atoms with Crippen LogP contribution in [0.25, 0.3) is 0 Å². The Kier molecular flexibility index (Phi) is 2.83. The van der Waals surface area contributed by atoms with Gasteiger partial charge in [-0.1, -0.05) is 11.6 Å². The molecular weight excluding hydrogens is 232 g/mol. The van der Waals surface area contributed by atoms with E-state index in [0.717, 1.165) is 36.3 Å². The van der Waals surface area contributed by atoms with Gasteiger partial charge in [0.1, 0.15) is 5.84 Å². The van der Waals surface area contributed by atoms with Crippen molar-refractivity contribution >= 4 is 17.4 Å². The quantitative estimate of drug-likeness (QED) is 0.874. The summed E-state index contributed by atoms with van der Waals surface area (Å²) >= 11 is 6.22. The Morgan fingerprint density at radius 2 is 2.24 bits per heavy atom. The van der Waals surface area contributed by atoms with E-state index in [1.165, 1.54) is 29.5 Å². The molecule has 2 aliphatic rings. The second kappa shape index (κ2) is 4.34. The van der Waals surface area contributed by atoms with Gasteiger partial charge in [0.2, 0.25) is 0 Å². The number of hydrogen-bond donors (Lipinski definition) is 1. The highest BCUT2D eigenvalue weighted by Crippen LogP contribution is 2.43. The van der Waals surface area contributed by atoms with E-state index in [1.54, 1.807) is 0 Å². The van der Waals surface area contributed by atoms with Gasteiger partial charge < -0.3 is 5.32 Å². The van der Waals surface area contributed by atoms with Gasteiger partial charge >= 0.3 is 0 Å². The molecule has 1 aromatic rings. The molecule has 0 amide bonds. The molecule has 0 radical (unpaired) electrons. The SMILES string of the molecule is Cc1c(CC2=NCCN2)cc(Cl)cc1C1CC1. The van der Waals surface area contributed by atoms with Crippen molar-refractivity contribution in [3.05, 3.63) is 33.8 Å². The monoisotopic (exact) mass is 248 g/mol. The molecule has 0 saturated heterocycles. The molecule has 0 spiro atoms. The maximum atomic E-state index is 6.22. The molecule has 1 fully saturated rings. The minimum atomic E-state index is 0.755. The van der Waals surface area contributed by atoms with E-state index in [-0.39, 0.29) is 0 Å². The molecule has 1 aromatic carbocycles. The molecule has 1 saturated carbocycles. The Bertz CT molecular complexity index is 475. The summed E-state index contributed by atoms with van der Waals surface area (Å²) in [6.45, 7) is 4.10. The van der Waals surface area contributed by atoms with Crippen LogP contribution in [0.4, 0.5) is 0 Å². The first-order valence-corrected chi connectivity index (χ1v) is 6.68. The summed E-state index contributed by atoms with van der Waals surface area (Å²) in [6, 6.07) is 4.23. The molecular formula is C14H17ClN2. The number of aliphatic imine (C=N–C) groups is 1. The van der Waals surface area contributed by atoms with E-state index < -0.39 is 0 Å². The Morgan fingerprint density at radius 1 is 1.41 bits per heavy atom. The number of benzene rings is 1. The van der Waals surface area contributed by atoms with Gasteiger partial charge in [-0.05, 0) is 54.5 Å². The third kappa shape index (κ3) is 2.32. The zero-order valence-electron chi connectivity index (χ0n) is 10.1. The largest absolute Gasteiger partial charge is 0.372 e. The van der Waals surface area contributed by atoms with E-state index in [2.05, 4.69) is 29.4 Å². The molecule has 1 aliphatic heterocycles. The molecule has 3 rings (SSSR count). The highest BCUT2D eigenvalue weighted by atomic mass is 35.5. The molecule has 1 aliphatic carbocycles. The molecule has 17 heavy (non-hydrogen) atoms. The molecule has 0 aromatic heterocycles. The number of rotatable bonds is 3. The van der Waals surface area contributed by atoms with Crippen LogP contribution in [0.5, 0.6) is 0 Å². The third-order valence-electron chi connectivity index (χ3n) is 3.64. The summed E-state index contributed by atoms with van der Waals surface area (Å²) in [4.78, 5) is 4.45. The van der Waals surface area contributed by atoms with Crippen LogP contribution in [0.1, 0.15) is 35.4 Å². The fourth-order valence-corrected chi connectivity index (χ4v) is 2.76. The Morgan fingerprint density at radius 3 is 2.88 bits per heavy atom. The number of nitrogens with zero attached hydrogens (tertiary/aromatic N) is 1. The van der Waals surface area contributed by atoms with Crippen LogP contribution in [-0.4, -0.2) is 18.9 Å². The van der Waals surface area contributed by atoms with Crippen molar-refractivity contribution in [2.45, 2.75) is 32.1 Å². The lowest BCUT2D eigenvalue weighted by molar-refractivity contribution is 0.952. The molecule has 2 nitrogen and oxygen atoms in total. The third-order valence-corrected chi connectivity index (χ3v) is 3.86. The Labute approximate surface area is 107 Å². The van der Waals surface area contributed by atoms with Crippen LogP contribution >= 0.6 is 11.6 Å². The van der Waals surface area contributed by atoms with E-state index in [9.17, 15) is 0 Å². The van der Waals surface area contributed by atoms with Gasteiger partial charge in [0, 0.05) is 18.0 Å². The first kappa shape index (κ1) is 11.1. The highest BCUT2D eigenvalue weighted by molar-refractivity contribution is 6.30. The van der Waals surface area contributed by atoms with E-state index in [0.29, 0.717) is 0 Å². The molecule has 1 heterocycles. The first-order valence-electron chi connectivity index (χ1n) is 6.30. The standard InChI is InChI=1S/C14H17ClN2/c1-9-11(7-14-16-4-5-17-14)6-12(15)8-13(9)10-2-3-10/h6,8,10H,2-5,7H2,1H3,(H,16,17). The number of hydrogen-bond acceptors (Lipinski definition) is 2. The highest BCUT2D eigenvalue weighted by Gasteiger charge is 2.26. The molecule has 0 bridgehead atoms. The zero-order valence-corrected chi connectivity index (χ0v) is 10.8. The fraction of sp³-hybridized carbons (Fsp3) is 0.500. The summed E-state index contributed by atoms with van der Waals surface area (Å²) in [7, 11) is 0. The minimum absolute atomic E-state index is 0.755. The maximum Gasteiger partial charge on any atom is 0.101 e. The average Bonchev–Trinajstić information content (AvgIpc) is 3.02. The predicted molar refractivity (Wildman–Crippen MR) is 72.2 cm³/mol. The molecule has 1 N–H and O–H groups in total.